The number of carbonyl (C=O) groups excluding carboxylic acids is 2. The molecule has 1 unspecified atom stereocenters. The monoisotopic (exact) mass is 447 g/mol. The first-order valence-electron chi connectivity index (χ1n) is 11.0. The number of amides is 1. The van der Waals surface area contributed by atoms with Gasteiger partial charge in [-0.05, 0) is 49.1 Å². The molecular formula is C27H29NO5. The van der Waals surface area contributed by atoms with Gasteiger partial charge in [-0.15, -0.1) is 0 Å². The van der Waals surface area contributed by atoms with Crippen molar-refractivity contribution in [1.82, 2.24) is 0 Å². The highest BCUT2D eigenvalue weighted by atomic mass is 16.5. The predicted molar refractivity (Wildman–Crippen MR) is 126 cm³/mol. The van der Waals surface area contributed by atoms with E-state index in [2.05, 4.69) is 0 Å². The summed E-state index contributed by atoms with van der Waals surface area (Å²) in [4.78, 5) is 24.1. The molecule has 0 aliphatic carbocycles. The summed E-state index contributed by atoms with van der Waals surface area (Å²) in [5.74, 6) is -0.0405. The van der Waals surface area contributed by atoms with Gasteiger partial charge in [0.15, 0.2) is 0 Å². The van der Waals surface area contributed by atoms with Gasteiger partial charge in [-0.3, -0.25) is 9.59 Å². The molecule has 0 aromatic heterocycles. The molecule has 0 saturated heterocycles. The molecule has 0 aliphatic heterocycles. The fraction of sp³-hybridized carbons (Fsp3) is 0.259. The van der Waals surface area contributed by atoms with Crippen LogP contribution < -0.4 is 15.2 Å². The van der Waals surface area contributed by atoms with E-state index in [9.17, 15) is 9.59 Å². The number of nitrogens with two attached hydrogens (primary N) is 1. The Kier molecular flexibility index (Phi) is 8.47. The Morgan fingerprint density at radius 1 is 0.970 bits per heavy atom. The second kappa shape index (κ2) is 11.7. The Hall–Kier alpha value is -3.80. The van der Waals surface area contributed by atoms with Crippen LogP contribution in [0, 0.1) is 6.92 Å². The maximum absolute atomic E-state index is 12.1. The molecule has 6 nitrogen and oxygen atoms in total. The summed E-state index contributed by atoms with van der Waals surface area (Å²) >= 11 is 0. The normalized spacial score (nSPS) is 11.5. The summed E-state index contributed by atoms with van der Waals surface area (Å²) in [6.07, 6.45) is 0.0954. The zero-order valence-corrected chi connectivity index (χ0v) is 19.0. The minimum absolute atomic E-state index is 0.183. The molecule has 172 valence electrons. The van der Waals surface area contributed by atoms with E-state index in [1.165, 1.54) is 0 Å². The van der Waals surface area contributed by atoms with Crippen molar-refractivity contribution in [3.05, 3.63) is 95.1 Å². The van der Waals surface area contributed by atoms with Gasteiger partial charge in [-0.2, -0.15) is 0 Å². The highest BCUT2D eigenvalue weighted by Gasteiger charge is 2.21. The van der Waals surface area contributed by atoms with Crippen molar-refractivity contribution in [2.75, 3.05) is 6.61 Å². The van der Waals surface area contributed by atoms with Crippen LogP contribution in [0.3, 0.4) is 0 Å². The lowest BCUT2D eigenvalue weighted by Crippen LogP contribution is -2.17. The van der Waals surface area contributed by atoms with Crippen molar-refractivity contribution in [3.8, 4) is 11.5 Å². The average Bonchev–Trinajstić information content (AvgIpc) is 2.81. The third-order valence-electron chi connectivity index (χ3n) is 5.19. The summed E-state index contributed by atoms with van der Waals surface area (Å²) in [6.45, 7) is 4.44. The first-order chi connectivity index (χ1) is 16.0. The molecule has 0 radical (unpaired) electrons. The molecule has 0 heterocycles. The van der Waals surface area contributed by atoms with Crippen molar-refractivity contribution >= 4 is 11.9 Å². The number of hydrogen-bond donors (Lipinski definition) is 1. The van der Waals surface area contributed by atoms with Crippen LogP contribution in [0.2, 0.25) is 0 Å². The molecule has 3 aromatic rings. The van der Waals surface area contributed by atoms with Crippen LogP contribution in [-0.2, 0) is 16.1 Å². The maximum atomic E-state index is 12.1. The largest absolute Gasteiger partial charge is 0.489 e. The molecule has 0 spiro atoms. The summed E-state index contributed by atoms with van der Waals surface area (Å²) in [6, 6.07) is 22.5. The number of carbonyl (C=O) groups is 2. The minimum Gasteiger partial charge on any atom is -0.489 e. The SMILES string of the molecule is CCOC(=O)CCC(Oc1cc(OCc2ccccc2)ccc1C(N)=O)c1ccccc1C. The van der Waals surface area contributed by atoms with Crippen LogP contribution in [0.4, 0.5) is 0 Å². The van der Waals surface area contributed by atoms with Gasteiger partial charge in [-0.25, -0.2) is 0 Å². The van der Waals surface area contributed by atoms with E-state index in [0.717, 1.165) is 16.7 Å². The van der Waals surface area contributed by atoms with Gasteiger partial charge in [0.05, 0.1) is 12.2 Å². The molecule has 3 rings (SSSR count). The number of rotatable bonds is 11. The third-order valence-corrected chi connectivity index (χ3v) is 5.19. The lowest BCUT2D eigenvalue weighted by Gasteiger charge is -2.23. The first-order valence-corrected chi connectivity index (χ1v) is 11.0. The van der Waals surface area contributed by atoms with Crippen molar-refractivity contribution in [1.29, 1.82) is 0 Å². The number of benzene rings is 3. The fourth-order valence-electron chi connectivity index (χ4n) is 3.50. The zero-order chi connectivity index (χ0) is 23.6. The first kappa shape index (κ1) is 23.9. The van der Waals surface area contributed by atoms with Crippen LogP contribution in [0.1, 0.15) is 52.9 Å². The van der Waals surface area contributed by atoms with Gasteiger partial charge in [0.1, 0.15) is 24.2 Å². The van der Waals surface area contributed by atoms with Crippen molar-refractivity contribution in [2.24, 2.45) is 5.73 Å². The van der Waals surface area contributed by atoms with Crippen LogP contribution in [0.25, 0.3) is 0 Å². The highest BCUT2D eigenvalue weighted by Crippen LogP contribution is 2.33. The van der Waals surface area contributed by atoms with Gasteiger partial charge in [0.2, 0.25) is 0 Å². The van der Waals surface area contributed by atoms with Crippen molar-refractivity contribution in [3.63, 3.8) is 0 Å². The van der Waals surface area contributed by atoms with Gasteiger partial charge < -0.3 is 19.9 Å². The number of ether oxygens (including phenoxy) is 3. The summed E-state index contributed by atoms with van der Waals surface area (Å²) in [5.41, 5.74) is 8.81. The van der Waals surface area contributed by atoms with E-state index in [4.69, 9.17) is 19.9 Å². The highest BCUT2D eigenvalue weighted by molar-refractivity contribution is 5.95. The number of hydrogen-bond acceptors (Lipinski definition) is 5. The Bertz CT molecular complexity index is 1080. The maximum Gasteiger partial charge on any atom is 0.305 e. The number of primary amides is 1. The lowest BCUT2D eigenvalue weighted by atomic mass is 9.99. The second-order valence-electron chi connectivity index (χ2n) is 7.60. The topological polar surface area (TPSA) is 87.8 Å². The van der Waals surface area contributed by atoms with Gasteiger partial charge >= 0.3 is 5.97 Å². The van der Waals surface area contributed by atoms with E-state index >= 15 is 0 Å². The molecule has 1 atom stereocenters. The standard InChI is InChI=1S/C27H29NO5/c1-3-31-26(29)16-15-24(22-12-8-7-9-19(22)2)33-25-17-21(13-14-23(25)27(28)30)32-18-20-10-5-4-6-11-20/h4-14,17,24H,3,15-16,18H2,1-2H3,(H2,28,30). The van der Waals surface area contributed by atoms with Crippen LogP contribution >= 0.6 is 0 Å². The molecule has 2 N–H and O–H groups in total. The quantitative estimate of drug-likeness (QED) is 0.411. The van der Waals surface area contributed by atoms with E-state index in [1.54, 1.807) is 25.1 Å². The number of esters is 1. The van der Waals surface area contributed by atoms with Crippen LogP contribution in [-0.4, -0.2) is 18.5 Å². The van der Waals surface area contributed by atoms with E-state index < -0.39 is 12.0 Å². The van der Waals surface area contributed by atoms with Crippen LogP contribution in [0.5, 0.6) is 11.5 Å². The molecule has 0 bridgehead atoms. The molecular weight excluding hydrogens is 418 g/mol. The van der Waals surface area contributed by atoms with E-state index in [1.807, 2.05) is 61.5 Å². The summed E-state index contributed by atoms with van der Waals surface area (Å²) < 4.78 is 17.3. The Morgan fingerprint density at radius 3 is 2.39 bits per heavy atom. The minimum atomic E-state index is -0.603. The van der Waals surface area contributed by atoms with Crippen LogP contribution in [0.15, 0.2) is 72.8 Å². The Balaban J connectivity index is 1.86. The summed E-state index contributed by atoms with van der Waals surface area (Å²) in [5, 5.41) is 0. The molecule has 3 aromatic carbocycles. The fourth-order valence-corrected chi connectivity index (χ4v) is 3.50. The molecule has 1 amide bonds. The zero-order valence-electron chi connectivity index (χ0n) is 19.0. The molecule has 6 heteroatoms. The molecule has 0 fully saturated rings. The third kappa shape index (κ3) is 6.84. The van der Waals surface area contributed by atoms with E-state index in [0.29, 0.717) is 31.1 Å². The Morgan fingerprint density at radius 2 is 1.70 bits per heavy atom. The Labute approximate surface area is 194 Å². The van der Waals surface area contributed by atoms with Gasteiger partial charge in [0, 0.05) is 12.5 Å². The van der Waals surface area contributed by atoms with Gasteiger partial charge in [-0.1, -0.05) is 54.6 Å². The lowest BCUT2D eigenvalue weighted by molar-refractivity contribution is -0.143. The molecule has 0 aliphatic rings. The van der Waals surface area contributed by atoms with Gasteiger partial charge in [0.25, 0.3) is 5.91 Å². The van der Waals surface area contributed by atoms with E-state index in [-0.39, 0.29) is 18.0 Å². The second-order valence-corrected chi connectivity index (χ2v) is 7.60. The molecule has 0 saturated carbocycles. The number of aryl methyl sites for hydroxylation is 1. The summed E-state index contributed by atoms with van der Waals surface area (Å²) in [7, 11) is 0. The molecule has 33 heavy (non-hydrogen) atoms. The van der Waals surface area contributed by atoms with Crippen molar-refractivity contribution < 1.29 is 23.8 Å². The van der Waals surface area contributed by atoms with Crippen molar-refractivity contribution in [2.45, 2.75) is 39.4 Å². The smallest absolute Gasteiger partial charge is 0.305 e. The predicted octanol–water partition coefficient (Wildman–Crippen LogP) is 5.14. The average molecular weight is 448 g/mol.